The summed E-state index contributed by atoms with van der Waals surface area (Å²) in [5.41, 5.74) is 0.336. The number of likely N-dealkylation sites (tertiary alicyclic amines) is 2. The van der Waals surface area contributed by atoms with Gasteiger partial charge in [-0.1, -0.05) is 25.7 Å². The predicted octanol–water partition coefficient (Wildman–Crippen LogP) is 4.70. The first-order valence-corrected chi connectivity index (χ1v) is 19.1. The molecular weight excluding hydrogens is 567 g/mol. The molecule has 0 spiro atoms. The number of hydrogen-bond donors (Lipinski definition) is 1. The Morgan fingerprint density at radius 3 is 2.36 bits per heavy atom. The molecule has 0 aromatic carbocycles. The molecule has 4 saturated carbocycles. The van der Waals surface area contributed by atoms with E-state index in [2.05, 4.69) is 15.1 Å². The minimum absolute atomic E-state index is 0.0675. The van der Waals surface area contributed by atoms with Gasteiger partial charge in [0.2, 0.25) is 0 Å². The first kappa shape index (κ1) is 29.6. The van der Waals surface area contributed by atoms with Gasteiger partial charge >= 0.3 is 0 Å². The lowest BCUT2D eigenvalue weighted by Gasteiger charge is -2.61. The summed E-state index contributed by atoms with van der Waals surface area (Å²) in [7, 11) is 0. The van der Waals surface area contributed by atoms with Gasteiger partial charge in [0, 0.05) is 43.2 Å². The lowest BCUT2D eigenvalue weighted by atomic mass is 9.62. The molecule has 45 heavy (non-hydrogen) atoms. The van der Waals surface area contributed by atoms with E-state index in [1.807, 2.05) is 11.1 Å². The van der Waals surface area contributed by atoms with Crippen molar-refractivity contribution in [3.8, 4) is 0 Å². The van der Waals surface area contributed by atoms with Crippen molar-refractivity contribution in [1.29, 1.82) is 0 Å². The summed E-state index contributed by atoms with van der Waals surface area (Å²) in [6.45, 7) is 4.86. The molecule has 1 amide bonds. The van der Waals surface area contributed by atoms with E-state index in [9.17, 15) is 9.59 Å². The summed E-state index contributed by atoms with van der Waals surface area (Å²) in [6, 6.07) is 1.12. The van der Waals surface area contributed by atoms with Crippen LogP contribution in [-0.4, -0.2) is 102 Å². The maximum atomic E-state index is 16.7. The van der Waals surface area contributed by atoms with Crippen molar-refractivity contribution in [2.24, 2.45) is 35.5 Å². The molecule has 5 heterocycles. The molecule has 0 bridgehead atoms. The van der Waals surface area contributed by atoms with Crippen LogP contribution in [0, 0.1) is 35.5 Å². The first-order valence-electron chi connectivity index (χ1n) is 19.1. The normalized spacial score (nSPS) is 47.0. The van der Waals surface area contributed by atoms with Crippen LogP contribution in [0.5, 0.6) is 0 Å². The van der Waals surface area contributed by atoms with Crippen LogP contribution in [0.15, 0.2) is 11.8 Å². The monoisotopic (exact) mass is 622 g/mol. The van der Waals surface area contributed by atoms with Crippen molar-refractivity contribution in [2.75, 3.05) is 32.7 Å². The van der Waals surface area contributed by atoms with E-state index in [1.54, 1.807) is 0 Å². The second-order valence-electron chi connectivity index (χ2n) is 16.7. The Morgan fingerprint density at radius 2 is 1.58 bits per heavy atom. The van der Waals surface area contributed by atoms with Crippen LogP contribution in [0.4, 0.5) is 4.39 Å². The number of morpholine rings is 1. The summed E-state index contributed by atoms with van der Waals surface area (Å²) in [4.78, 5) is 35.5. The largest absolute Gasteiger partial charge is 0.370 e. The topological polar surface area (TPSA) is 65.1 Å². The Morgan fingerprint density at radius 1 is 0.822 bits per heavy atom. The lowest BCUT2D eigenvalue weighted by molar-refractivity contribution is -0.224. The molecule has 7 nitrogen and oxygen atoms in total. The number of nitrogens with zero attached hydrogens (tertiary/aromatic N) is 3. The summed E-state index contributed by atoms with van der Waals surface area (Å²) in [5.74, 6) is 1.49. The number of amides is 1. The van der Waals surface area contributed by atoms with Crippen LogP contribution >= 0.6 is 0 Å². The molecule has 9 aliphatic rings. The van der Waals surface area contributed by atoms with Crippen molar-refractivity contribution < 1.29 is 18.7 Å². The SMILES string of the molecule is O=C1C(C(=O)N2CCC(N3CCCC3)CC2)=CN2C3CC4CCCCC4CC3OC3C(C4CC5CCCNC5C4)C(F)CC1C32. The van der Waals surface area contributed by atoms with E-state index >= 15 is 4.39 Å². The molecule has 8 fully saturated rings. The smallest absolute Gasteiger partial charge is 0.258 e. The highest BCUT2D eigenvalue weighted by Gasteiger charge is 2.61. The van der Waals surface area contributed by atoms with Gasteiger partial charge in [0.1, 0.15) is 6.17 Å². The maximum Gasteiger partial charge on any atom is 0.258 e. The number of hydrogen-bond acceptors (Lipinski definition) is 6. The average molecular weight is 623 g/mol. The molecule has 5 aliphatic heterocycles. The fourth-order valence-electron chi connectivity index (χ4n) is 12.5. The van der Waals surface area contributed by atoms with Gasteiger partial charge in [-0.2, -0.15) is 0 Å². The Hall–Kier alpha value is -1.51. The van der Waals surface area contributed by atoms with Crippen LogP contribution < -0.4 is 5.32 Å². The minimum Gasteiger partial charge on any atom is -0.370 e. The van der Waals surface area contributed by atoms with Crippen molar-refractivity contribution in [2.45, 2.75) is 139 Å². The molecule has 0 aromatic heterocycles. The van der Waals surface area contributed by atoms with Crippen molar-refractivity contribution in [1.82, 2.24) is 20.0 Å². The Balaban J connectivity index is 1.01. The van der Waals surface area contributed by atoms with Gasteiger partial charge in [0.25, 0.3) is 5.91 Å². The molecule has 248 valence electrons. The van der Waals surface area contributed by atoms with Gasteiger partial charge in [-0.15, -0.1) is 0 Å². The standard InChI is InChI=1S/C37H55FN4O3/c38-29-20-27-34-36(33(29)25-16-24-8-5-11-39-30(24)17-25)45-32-19-23-7-2-1-6-22(23)18-31(32)42(34)21-28(35(27)43)37(44)41-14-9-26(10-15-41)40-12-3-4-13-40/h21-27,29-34,36,39H,1-20H2. The number of carbonyl (C=O) groups excluding carboxylic acids is 2. The number of rotatable bonds is 3. The van der Waals surface area contributed by atoms with Gasteiger partial charge in [-0.3, -0.25) is 9.59 Å². The summed E-state index contributed by atoms with van der Waals surface area (Å²) >= 11 is 0. The highest BCUT2D eigenvalue weighted by atomic mass is 19.1. The Bertz CT molecular complexity index is 1170. The Kier molecular flexibility index (Phi) is 7.81. The molecule has 12 unspecified atom stereocenters. The third kappa shape index (κ3) is 5.05. The Labute approximate surface area is 269 Å². The van der Waals surface area contributed by atoms with E-state index in [-0.39, 0.29) is 48.3 Å². The van der Waals surface area contributed by atoms with Crippen molar-refractivity contribution in [3.63, 3.8) is 0 Å². The average Bonchev–Trinajstić information content (AvgIpc) is 3.76. The molecule has 8 heteroatoms. The molecule has 12 atom stereocenters. The van der Waals surface area contributed by atoms with Crippen LogP contribution in [0.3, 0.4) is 0 Å². The fourth-order valence-corrected chi connectivity index (χ4v) is 12.5. The van der Waals surface area contributed by atoms with Crippen LogP contribution in [0.25, 0.3) is 0 Å². The van der Waals surface area contributed by atoms with Crippen LogP contribution in [0.2, 0.25) is 0 Å². The number of ether oxygens (including phenoxy) is 1. The minimum atomic E-state index is -1.06. The zero-order valence-electron chi connectivity index (χ0n) is 27.2. The number of carbonyl (C=O) groups is 2. The van der Waals surface area contributed by atoms with Crippen molar-refractivity contribution >= 4 is 11.7 Å². The highest BCUT2D eigenvalue weighted by molar-refractivity contribution is 6.20. The highest BCUT2D eigenvalue weighted by Crippen LogP contribution is 2.54. The van der Waals surface area contributed by atoms with E-state index in [4.69, 9.17) is 4.74 Å². The summed E-state index contributed by atoms with van der Waals surface area (Å²) < 4.78 is 23.9. The quantitative estimate of drug-likeness (QED) is 0.461. The molecule has 1 N–H and O–H groups in total. The van der Waals surface area contributed by atoms with Gasteiger partial charge < -0.3 is 24.8 Å². The zero-order chi connectivity index (χ0) is 30.2. The van der Waals surface area contributed by atoms with Crippen LogP contribution in [-0.2, 0) is 14.3 Å². The molecule has 9 rings (SSSR count). The lowest BCUT2D eigenvalue weighted by Crippen LogP contribution is -2.71. The number of halogens is 1. The predicted molar refractivity (Wildman–Crippen MR) is 170 cm³/mol. The molecule has 4 aliphatic carbocycles. The zero-order valence-corrected chi connectivity index (χ0v) is 27.2. The van der Waals surface area contributed by atoms with E-state index < -0.39 is 12.1 Å². The molecular formula is C37H55FN4O3. The number of piperidine rings is 2. The second kappa shape index (κ2) is 11.9. The van der Waals surface area contributed by atoms with Crippen molar-refractivity contribution in [3.05, 3.63) is 11.8 Å². The van der Waals surface area contributed by atoms with Crippen LogP contribution in [0.1, 0.15) is 96.3 Å². The first-order chi connectivity index (χ1) is 22.0. The number of alkyl halides is 1. The molecule has 0 radical (unpaired) electrons. The number of fused-ring (bicyclic) bond motifs is 4. The van der Waals surface area contributed by atoms with Gasteiger partial charge in [0.05, 0.1) is 29.9 Å². The number of Topliss-reactive ketones (excluding diaryl/α,β-unsaturated/α-hetero) is 1. The van der Waals surface area contributed by atoms with Gasteiger partial charge in [-0.05, 0) is 114 Å². The third-order valence-corrected chi connectivity index (χ3v) is 14.6. The van der Waals surface area contributed by atoms with E-state index in [0.717, 1.165) is 45.1 Å². The third-order valence-electron chi connectivity index (χ3n) is 14.6. The van der Waals surface area contributed by atoms with Gasteiger partial charge in [-0.25, -0.2) is 4.39 Å². The van der Waals surface area contributed by atoms with E-state index in [0.29, 0.717) is 54.4 Å². The number of ketones is 1. The summed E-state index contributed by atoms with van der Waals surface area (Å²) in [5, 5.41) is 3.75. The second-order valence-corrected chi connectivity index (χ2v) is 16.7. The number of nitrogens with one attached hydrogen (secondary N) is 1. The fraction of sp³-hybridized carbons (Fsp3) is 0.892. The molecule has 0 aromatic rings. The molecule has 4 saturated heterocycles. The maximum absolute atomic E-state index is 16.7. The van der Waals surface area contributed by atoms with E-state index in [1.165, 1.54) is 64.5 Å². The van der Waals surface area contributed by atoms with Gasteiger partial charge in [0.15, 0.2) is 5.78 Å². The summed E-state index contributed by atoms with van der Waals surface area (Å²) in [6.07, 6.45) is 17.4.